The molecule has 0 unspecified atom stereocenters. The molecule has 1 aromatic carbocycles. The van der Waals surface area contributed by atoms with Crippen molar-refractivity contribution in [2.24, 2.45) is 16.8 Å². The van der Waals surface area contributed by atoms with Gasteiger partial charge in [0, 0.05) is 18.5 Å². The Labute approximate surface area is 148 Å². The Balaban J connectivity index is 0.00000288. The van der Waals surface area contributed by atoms with Gasteiger partial charge in [-0.15, -0.1) is 12.4 Å². The van der Waals surface area contributed by atoms with Crippen LogP contribution in [0, 0.1) is 5.92 Å². The second-order valence-electron chi connectivity index (χ2n) is 5.97. The van der Waals surface area contributed by atoms with Crippen LogP contribution in [0.3, 0.4) is 0 Å². The maximum absolute atomic E-state index is 12.1. The zero-order valence-corrected chi connectivity index (χ0v) is 14.9. The van der Waals surface area contributed by atoms with Gasteiger partial charge in [-0.25, -0.2) is 13.6 Å². The maximum Gasteiger partial charge on any atom is 0.238 e. The Morgan fingerprint density at radius 1 is 1.25 bits per heavy atom. The maximum atomic E-state index is 12.1. The van der Waals surface area contributed by atoms with Crippen LogP contribution in [-0.4, -0.2) is 38.1 Å². The highest BCUT2D eigenvalue weighted by Crippen LogP contribution is 2.23. The van der Waals surface area contributed by atoms with Gasteiger partial charge in [-0.2, -0.15) is 0 Å². The summed E-state index contributed by atoms with van der Waals surface area (Å²) in [6.45, 7) is 0.460. The lowest BCUT2D eigenvalue weighted by Gasteiger charge is -2.30. The van der Waals surface area contributed by atoms with E-state index in [0.717, 1.165) is 5.56 Å². The number of benzene rings is 1. The Bertz CT molecular complexity index is 651. The zero-order chi connectivity index (χ0) is 17.0. The third-order valence-electron chi connectivity index (χ3n) is 4.20. The minimum absolute atomic E-state index is 0. The largest absolute Gasteiger partial charge is 0.392 e. The third kappa shape index (κ3) is 5.71. The third-order valence-corrected chi connectivity index (χ3v) is 5.13. The molecule has 1 amide bonds. The minimum atomic E-state index is -3.68. The number of hydrogen-bond donors (Lipinski definition) is 4. The van der Waals surface area contributed by atoms with Crippen molar-refractivity contribution >= 4 is 28.3 Å². The molecular formula is C15H24ClN3O4S. The Kier molecular flexibility index (Phi) is 7.62. The Hall–Kier alpha value is -1.19. The Morgan fingerprint density at radius 3 is 2.42 bits per heavy atom. The molecule has 0 saturated heterocycles. The highest BCUT2D eigenvalue weighted by atomic mass is 35.5. The van der Waals surface area contributed by atoms with Crippen LogP contribution < -0.4 is 16.2 Å². The number of sulfonamides is 1. The SMILES string of the molecule is Cl.N[C@@H]1C[C@@H](C(=O)NCCc2ccc(S(N)(=O)=O)cc2)CC[C@H]1O. The molecule has 6 N–H and O–H groups in total. The summed E-state index contributed by atoms with van der Waals surface area (Å²) in [7, 11) is -3.68. The molecule has 24 heavy (non-hydrogen) atoms. The monoisotopic (exact) mass is 377 g/mol. The summed E-state index contributed by atoms with van der Waals surface area (Å²) in [5.74, 6) is -0.202. The molecule has 0 heterocycles. The minimum Gasteiger partial charge on any atom is -0.392 e. The number of hydrogen-bond acceptors (Lipinski definition) is 5. The molecule has 0 radical (unpaired) electrons. The van der Waals surface area contributed by atoms with E-state index >= 15 is 0 Å². The van der Waals surface area contributed by atoms with Gasteiger partial charge in [0.05, 0.1) is 11.0 Å². The van der Waals surface area contributed by atoms with Crippen molar-refractivity contribution in [2.45, 2.75) is 42.7 Å². The normalized spacial score (nSPS) is 24.0. The fraction of sp³-hybridized carbons (Fsp3) is 0.533. The number of primary sulfonamides is 1. The molecule has 1 saturated carbocycles. The van der Waals surface area contributed by atoms with Crippen LogP contribution in [0.25, 0.3) is 0 Å². The number of carbonyl (C=O) groups is 1. The van der Waals surface area contributed by atoms with Crippen molar-refractivity contribution in [3.63, 3.8) is 0 Å². The molecule has 9 heteroatoms. The number of carbonyl (C=O) groups excluding carboxylic acids is 1. The van der Waals surface area contributed by atoms with Crippen LogP contribution >= 0.6 is 12.4 Å². The van der Waals surface area contributed by atoms with Crippen LogP contribution in [0.1, 0.15) is 24.8 Å². The highest BCUT2D eigenvalue weighted by molar-refractivity contribution is 7.89. The predicted octanol–water partition coefficient (Wildman–Crippen LogP) is -0.0972. The lowest BCUT2D eigenvalue weighted by Crippen LogP contribution is -2.45. The summed E-state index contributed by atoms with van der Waals surface area (Å²) in [4.78, 5) is 12.2. The van der Waals surface area contributed by atoms with Gasteiger partial charge in [0.25, 0.3) is 0 Å². The van der Waals surface area contributed by atoms with Crippen molar-refractivity contribution in [1.29, 1.82) is 0 Å². The van der Waals surface area contributed by atoms with Crippen LogP contribution in [0.2, 0.25) is 0 Å². The molecule has 7 nitrogen and oxygen atoms in total. The van der Waals surface area contributed by atoms with Crippen LogP contribution in [0.4, 0.5) is 0 Å². The smallest absolute Gasteiger partial charge is 0.238 e. The van der Waals surface area contributed by atoms with E-state index < -0.39 is 16.1 Å². The number of rotatable bonds is 5. The molecule has 0 spiro atoms. The number of nitrogens with one attached hydrogen (secondary N) is 1. The van der Waals surface area contributed by atoms with E-state index in [-0.39, 0.29) is 35.2 Å². The average molecular weight is 378 g/mol. The van der Waals surface area contributed by atoms with E-state index in [9.17, 15) is 18.3 Å². The molecule has 1 aromatic rings. The molecule has 1 aliphatic carbocycles. The molecule has 1 aliphatic rings. The van der Waals surface area contributed by atoms with E-state index in [1.807, 2.05) is 0 Å². The fourth-order valence-corrected chi connectivity index (χ4v) is 3.26. The molecule has 0 aromatic heterocycles. The number of halogens is 1. The molecule has 136 valence electrons. The number of nitrogens with two attached hydrogens (primary N) is 2. The van der Waals surface area contributed by atoms with Gasteiger partial charge >= 0.3 is 0 Å². The van der Waals surface area contributed by atoms with Gasteiger partial charge in [-0.1, -0.05) is 12.1 Å². The molecule has 0 aliphatic heterocycles. The van der Waals surface area contributed by atoms with E-state index in [2.05, 4.69) is 5.32 Å². The number of amides is 1. The summed E-state index contributed by atoms with van der Waals surface area (Å²) in [5, 5.41) is 17.5. The molecule has 3 atom stereocenters. The van der Waals surface area contributed by atoms with Gasteiger partial charge in [0.1, 0.15) is 0 Å². The first-order chi connectivity index (χ1) is 10.8. The highest BCUT2D eigenvalue weighted by Gasteiger charge is 2.30. The first-order valence-corrected chi connectivity index (χ1v) is 9.15. The van der Waals surface area contributed by atoms with Gasteiger partial charge < -0.3 is 16.2 Å². The van der Waals surface area contributed by atoms with Gasteiger partial charge in [-0.3, -0.25) is 4.79 Å². The molecule has 0 bridgehead atoms. The van der Waals surface area contributed by atoms with E-state index in [1.165, 1.54) is 12.1 Å². The predicted molar refractivity (Wildman–Crippen MR) is 93.1 cm³/mol. The summed E-state index contributed by atoms with van der Waals surface area (Å²) in [5.41, 5.74) is 6.70. The molecule has 1 fully saturated rings. The summed E-state index contributed by atoms with van der Waals surface area (Å²) < 4.78 is 22.3. The Morgan fingerprint density at radius 2 is 1.88 bits per heavy atom. The topological polar surface area (TPSA) is 136 Å². The first kappa shape index (κ1) is 20.9. The number of aliphatic hydroxyl groups is 1. The second kappa shape index (κ2) is 8.77. The quantitative estimate of drug-likeness (QED) is 0.568. The van der Waals surface area contributed by atoms with E-state index in [4.69, 9.17) is 10.9 Å². The standard InChI is InChI=1S/C15H23N3O4S.ClH/c16-13-9-11(3-6-14(13)19)15(20)18-8-7-10-1-4-12(5-2-10)23(17,21)22;/h1-2,4-5,11,13-14,19H,3,6-9,16H2,(H,18,20)(H2,17,21,22);1H/t11-,13+,14+;/m0./s1. The van der Waals surface area contributed by atoms with Crippen LogP contribution in [0.15, 0.2) is 29.2 Å². The summed E-state index contributed by atoms with van der Waals surface area (Å²) in [6.07, 6.45) is 1.77. The molecular weight excluding hydrogens is 354 g/mol. The van der Waals surface area contributed by atoms with Crippen molar-refractivity contribution in [2.75, 3.05) is 6.54 Å². The van der Waals surface area contributed by atoms with Crippen molar-refractivity contribution in [3.05, 3.63) is 29.8 Å². The van der Waals surface area contributed by atoms with Crippen molar-refractivity contribution in [1.82, 2.24) is 5.32 Å². The van der Waals surface area contributed by atoms with Crippen molar-refractivity contribution < 1.29 is 18.3 Å². The fourth-order valence-electron chi connectivity index (χ4n) is 2.75. The lowest BCUT2D eigenvalue weighted by molar-refractivity contribution is -0.126. The lowest BCUT2D eigenvalue weighted by atomic mass is 9.83. The van der Waals surface area contributed by atoms with Crippen LogP contribution in [-0.2, 0) is 21.2 Å². The first-order valence-electron chi connectivity index (χ1n) is 7.60. The molecule has 2 rings (SSSR count). The average Bonchev–Trinajstić information content (AvgIpc) is 2.49. The van der Waals surface area contributed by atoms with Gasteiger partial charge in [0.2, 0.25) is 15.9 Å². The van der Waals surface area contributed by atoms with Gasteiger partial charge in [-0.05, 0) is 43.4 Å². The summed E-state index contributed by atoms with van der Waals surface area (Å²) >= 11 is 0. The number of aliphatic hydroxyl groups excluding tert-OH is 1. The summed E-state index contributed by atoms with van der Waals surface area (Å²) in [6, 6.07) is 5.92. The zero-order valence-electron chi connectivity index (χ0n) is 13.2. The van der Waals surface area contributed by atoms with Crippen molar-refractivity contribution in [3.8, 4) is 0 Å². The second-order valence-corrected chi connectivity index (χ2v) is 7.53. The van der Waals surface area contributed by atoms with Crippen LogP contribution in [0.5, 0.6) is 0 Å². The van der Waals surface area contributed by atoms with E-state index in [1.54, 1.807) is 12.1 Å². The van der Waals surface area contributed by atoms with Gasteiger partial charge in [0.15, 0.2) is 0 Å². The van der Waals surface area contributed by atoms with E-state index in [0.29, 0.717) is 32.2 Å².